The molecule has 0 spiro atoms. The van der Waals surface area contributed by atoms with Gasteiger partial charge in [-0.25, -0.2) is 0 Å². The zero-order valence-electron chi connectivity index (χ0n) is 14.5. The quantitative estimate of drug-likeness (QED) is 0.367. The molecule has 0 N–H and O–H groups in total. The van der Waals surface area contributed by atoms with Crippen molar-refractivity contribution in [3.63, 3.8) is 0 Å². The molecule has 0 heterocycles. The van der Waals surface area contributed by atoms with Gasteiger partial charge in [0.05, 0.1) is 11.9 Å². The zero-order chi connectivity index (χ0) is 16.7. The molecule has 0 fully saturated rings. The summed E-state index contributed by atoms with van der Waals surface area (Å²) in [6, 6.07) is 18.1. The van der Waals surface area contributed by atoms with Gasteiger partial charge in [-0.2, -0.15) is 0 Å². The minimum Gasteiger partial charge on any atom is -0.545 e. The van der Waals surface area contributed by atoms with Gasteiger partial charge < -0.3 is 19.8 Å². The largest absolute Gasteiger partial charge is 1.00 e. The summed E-state index contributed by atoms with van der Waals surface area (Å²) in [7, 11) is 0. The van der Waals surface area contributed by atoms with E-state index < -0.39 is 11.9 Å². The summed E-state index contributed by atoms with van der Waals surface area (Å²) in [6.07, 6.45) is 0.513. The van der Waals surface area contributed by atoms with E-state index in [1.165, 1.54) is 0 Å². The van der Waals surface area contributed by atoms with Crippen molar-refractivity contribution in [2.24, 2.45) is 0 Å². The summed E-state index contributed by atoms with van der Waals surface area (Å²) in [5, 5.41) is 22.8. The average molecular weight is 354 g/mol. The van der Waals surface area contributed by atoms with Crippen LogP contribution in [0.3, 0.4) is 0 Å². The van der Waals surface area contributed by atoms with Crippen LogP contribution in [0.5, 0.6) is 0 Å². The monoisotopic (exact) mass is 354 g/mol. The van der Waals surface area contributed by atoms with Crippen molar-refractivity contribution < 1.29 is 78.9 Å². The molecule has 0 amide bonds. The molecule has 118 valence electrons. The first-order valence-corrected chi connectivity index (χ1v) is 7.30. The van der Waals surface area contributed by atoms with Crippen molar-refractivity contribution in [2.45, 2.75) is 19.3 Å². The predicted octanol–water partition coefficient (Wildman–Crippen LogP) is -5.33. The number of aryl methyl sites for hydroxylation is 1. The Labute approximate surface area is 191 Å². The van der Waals surface area contributed by atoms with Crippen LogP contribution in [0.2, 0.25) is 0 Å². The molecule has 0 bridgehead atoms. The van der Waals surface area contributed by atoms with Gasteiger partial charge in [-0.3, -0.25) is 0 Å². The summed E-state index contributed by atoms with van der Waals surface area (Å²) in [4.78, 5) is 22.8. The molecule has 0 aliphatic heterocycles. The molecular weight excluding hydrogens is 338 g/mol. The molecule has 6 heteroatoms. The zero-order valence-corrected chi connectivity index (χ0v) is 18.5. The van der Waals surface area contributed by atoms with Crippen LogP contribution in [0.4, 0.5) is 0 Å². The van der Waals surface area contributed by atoms with Crippen molar-refractivity contribution in [1.29, 1.82) is 0 Å². The molecule has 0 saturated carbocycles. The minimum absolute atomic E-state index is 0. The first-order valence-electron chi connectivity index (χ1n) is 7.30. The van der Waals surface area contributed by atoms with E-state index in [0.29, 0.717) is 12.0 Å². The van der Waals surface area contributed by atoms with E-state index in [-0.39, 0.29) is 83.1 Å². The Kier molecular flexibility index (Phi) is 12.0. The summed E-state index contributed by atoms with van der Waals surface area (Å²) in [6.45, 7) is 0. The van der Waals surface area contributed by atoms with Crippen LogP contribution in [0.25, 0.3) is 0 Å². The molecule has 0 saturated heterocycles. The third kappa shape index (κ3) is 7.90. The molecule has 2 aromatic carbocycles. The molecule has 0 radical (unpaired) electrons. The second-order valence-electron chi connectivity index (χ2n) is 5.18. The van der Waals surface area contributed by atoms with Crippen molar-refractivity contribution in [3.8, 4) is 0 Å². The molecule has 0 aliphatic carbocycles. The third-order valence-electron chi connectivity index (χ3n) is 3.59. The fraction of sp³-hybridized carbons (Fsp3) is 0.158. The van der Waals surface area contributed by atoms with Gasteiger partial charge in [-0.15, -0.1) is 0 Å². The van der Waals surface area contributed by atoms with Crippen LogP contribution < -0.4 is 69.3 Å². The summed E-state index contributed by atoms with van der Waals surface area (Å²) in [5.74, 6) is -2.93. The molecule has 0 aromatic heterocycles. The van der Waals surface area contributed by atoms with Gasteiger partial charge in [-0.05, 0) is 41.5 Å². The third-order valence-corrected chi connectivity index (χ3v) is 3.59. The maximum absolute atomic E-state index is 11.4. The Morgan fingerprint density at radius 2 is 1.12 bits per heavy atom. The van der Waals surface area contributed by atoms with E-state index in [4.69, 9.17) is 0 Å². The average Bonchev–Trinajstić information content (AvgIpc) is 2.55. The van der Waals surface area contributed by atoms with Crippen LogP contribution in [0.15, 0.2) is 71.8 Å². The number of rotatable bonds is 7. The molecule has 0 aliphatic rings. The molecule has 2 aromatic rings. The van der Waals surface area contributed by atoms with E-state index in [1.54, 1.807) is 30.3 Å². The minimum atomic E-state index is -1.47. The van der Waals surface area contributed by atoms with Gasteiger partial charge in [-0.1, -0.05) is 60.7 Å². The molecule has 2 rings (SSSR count). The number of hydrogen-bond donors (Lipinski definition) is 0. The summed E-state index contributed by atoms with van der Waals surface area (Å²) < 4.78 is 0. The van der Waals surface area contributed by atoms with Crippen LogP contribution in [-0.2, 0) is 22.4 Å². The Hall–Kier alpha value is -0.880. The Morgan fingerprint density at radius 3 is 1.56 bits per heavy atom. The van der Waals surface area contributed by atoms with Gasteiger partial charge in [0.15, 0.2) is 0 Å². The van der Waals surface area contributed by atoms with Crippen LogP contribution >= 0.6 is 0 Å². The molecule has 0 atom stereocenters. The maximum atomic E-state index is 11.4. The number of hydrogen-bond acceptors (Lipinski definition) is 4. The number of benzene rings is 2. The normalized spacial score (nSPS) is 10.7. The number of carboxylic acids is 2. The van der Waals surface area contributed by atoms with Gasteiger partial charge in [0.1, 0.15) is 0 Å². The molecule has 4 nitrogen and oxygen atoms in total. The summed E-state index contributed by atoms with van der Waals surface area (Å²) in [5.41, 5.74) is 1.21. The number of aliphatic carboxylic acids is 2. The smallest absolute Gasteiger partial charge is 0.545 e. The van der Waals surface area contributed by atoms with Crippen molar-refractivity contribution in [2.75, 3.05) is 0 Å². The van der Waals surface area contributed by atoms with Crippen LogP contribution in [0, 0.1) is 0 Å². The van der Waals surface area contributed by atoms with E-state index in [9.17, 15) is 19.8 Å². The maximum Gasteiger partial charge on any atom is 1.00 e. The van der Waals surface area contributed by atoms with Gasteiger partial charge in [0, 0.05) is 0 Å². The summed E-state index contributed by atoms with van der Waals surface area (Å²) >= 11 is 0. The molecule has 0 unspecified atom stereocenters. The Morgan fingerprint density at radius 1 is 0.680 bits per heavy atom. The first-order chi connectivity index (χ1) is 11.1. The van der Waals surface area contributed by atoms with E-state index >= 15 is 0 Å². The van der Waals surface area contributed by atoms with Crippen LogP contribution in [0.1, 0.15) is 17.5 Å². The van der Waals surface area contributed by atoms with E-state index in [0.717, 1.165) is 5.56 Å². The Balaban J connectivity index is 0.00000288. The second kappa shape index (κ2) is 12.5. The topological polar surface area (TPSA) is 80.3 Å². The van der Waals surface area contributed by atoms with Crippen molar-refractivity contribution >= 4 is 11.9 Å². The van der Waals surface area contributed by atoms with Crippen molar-refractivity contribution in [3.05, 3.63) is 82.9 Å². The fourth-order valence-electron chi connectivity index (χ4n) is 2.39. The van der Waals surface area contributed by atoms with Gasteiger partial charge >= 0.3 is 59.1 Å². The molecule has 25 heavy (non-hydrogen) atoms. The predicted molar refractivity (Wildman–Crippen MR) is 81.9 cm³/mol. The van der Waals surface area contributed by atoms with Gasteiger partial charge in [0.25, 0.3) is 0 Å². The van der Waals surface area contributed by atoms with E-state index in [1.807, 2.05) is 30.3 Å². The van der Waals surface area contributed by atoms with Crippen molar-refractivity contribution in [1.82, 2.24) is 0 Å². The van der Waals surface area contributed by atoms with Gasteiger partial charge in [0.2, 0.25) is 0 Å². The number of carbonyl (C=O) groups is 2. The van der Waals surface area contributed by atoms with Crippen LogP contribution in [-0.4, -0.2) is 11.9 Å². The first kappa shape index (κ1) is 24.1. The number of carboxylic acid groups (broad SMARTS) is 2. The van der Waals surface area contributed by atoms with E-state index in [2.05, 4.69) is 0 Å². The Bertz CT molecular complexity index is 713. The second-order valence-corrected chi connectivity index (χ2v) is 5.18. The molecular formula is C19H16Na2O4. The SMILES string of the molecule is O=C([O-])/C(CCc1ccccc1)=C(/Cc1ccccc1)C(=O)[O-].[Na+].[Na+]. The standard InChI is InChI=1S/C19H18O4.2Na/c20-18(21)16(12-11-14-7-3-1-4-8-14)17(19(22)23)13-15-9-5-2-6-10-15;;/h1-10H,11-13H2,(H,20,21)(H,22,23);;/q;2*+1/p-2/b17-16-;;. The number of carbonyl (C=O) groups excluding carboxylic acids is 2. The fourth-order valence-corrected chi connectivity index (χ4v) is 2.39.